The summed E-state index contributed by atoms with van der Waals surface area (Å²) in [5.41, 5.74) is 0.256. The molecule has 0 spiro atoms. The van der Waals surface area contributed by atoms with Crippen LogP contribution in [0.1, 0.15) is 24.4 Å². The first-order valence-corrected chi connectivity index (χ1v) is 7.67. The highest BCUT2D eigenvalue weighted by molar-refractivity contribution is 7.11. The van der Waals surface area contributed by atoms with Gasteiger partial charge in [0.1, 0.15) is 5.54 Å². The molecule has 4 nitrogen and oxygen atoms in total. The van der Waals surface area contributed by atoms with Crippen LogP contribution < -0.4 is 5.32 Å². The number of hydrogen-bond acceptors (Lipinski definition) is 5. The van der Waals surface area contributed by atoms with Crippen molar-refractivity contribution in [3.63, 3.8) is 0 Å². The summed E-state index contributed by atoms with van der Waals surface area (Å²) in [6.07, 6.45) is 1.65. The van der Waals surface area contributed by atoms with Gasteiger partial charge in [0, 0.05) is 17.3 Å². The molecule has 1 aliphatic rings. The third kappa shape index (κ3) is 2.51. The quantitative estimate of drug-likeness (QED) is 0.917. The normalized spacial score (nSPS) is 20.7. The van der Waals surface area contributed by atoms with Gasteiger partial charge in [0.05, 0.1) is 11.6 Å². The van der Waals surface area contributed by atoms with Crippen LogP contribution in [0.2, 0.25) is 0 Å². The fraction of sp³-hybridized carbons (Fsp3) is 0.188. The molecule has 2 aromatic rings. The zero-order valence-corrected chi connectivity index (χ0v) is 13.2. The van der Waals surface area contributed by atoms with Crippen molar-refractivity contribution in [2.75, 3.05) is 0 Å². The number of halogens is 2. The fourth-order valence-corrected chi connectivity index (χ4v) is 3.14. The minimum Gasteiger partial charge on any atom is -0.341 e. The Kier molecular flexibility index (Phi) is 3.70. The average Bonchev–Trinajstić information content (AvgIpc) is 3.04. The van der Waals surface area contributed by atoms with E-state index in [1.54, 1.807) is 20.0 Å². The van der Waals surface area contributed by atoms with Crippen molar-refractivity contribution >= 4 is 17.2 Å². The van der Waals surface area contributed by atoms with Crippen molar-refractivity contribution < 1.29 is 8.78 Å². The van der Waals surface area contributed by atoms with Crippen LogP contribution >= 0.6 is 11.3 Å². The molecule has 7 heteroatoms. The third-order valence-corrected chi connectivity index (χ3v) is 4.51. The Hall–Kier alpha value is -2.59. The van der Waals surface area contributed by atoms with E-state index in [1.807, 2.05) is 5.38 Å². The van der Waals surface area contributed by atoms with Gasteiger partial charge in [-0.3, -0.25) is 0 Å². The minimum atomic E-state index is -1.11. The summed E-state index contributed by atoms with van der Waals surface area (Å²) in [5.74, 6) is -1.40. The molecule has 2 heterocycles. The molecule has 1 aliphatic heterocycles. The lowest BCUT2D eigenvalue weighted by atomic mass is 9.83. The van der Waals surface area contributed by atoms with Crippen LogP contribution in [0.25, 0.3) is 0 Å². The first kappa shape index (κ1) is 15.3. The largest absolute Gasteiger partial charge is 0.341 e. The monoisotopic (exact) mass is 330 g/mol. The van der Waals surface area contributed by atoms with E-state index in [1.165, 1.54) is 17.4 Å². The van der Waals surface area contributed by atoms with Crippen LogP contribution in [0.5, 0.6) is 0 Å². The second kappa shape index (κ2) is 5.56. The van der Waals surface area contributed by atoms with Crippen LogP contribution in [0.3, 0.4) is 0 Å². The van der Waals surface area contributed by atoms with Gasteiger partial charge in [0.25, 0.3) is 0 Å². The highest BCUT2D eigenvalue weighted by atomic mass is 32.1. The van der Waals surface area contributed by atoms with E-state index in [9.17, 15) is 14.0 Å². The van der Waals surface area contributed by atoms with Crippen molar-refractivity contribution in [1.82, 2.24) is 10.3 Å². The topological polar surface area (TPSA) is 61.1 Å². The van der Waals surface area contributed by atoms with E-state index < -0.39 is 17.2 Å². The predicted molar refractivity (Wildman–Crippen MR) is 83.8 cm³/mol. The number of nitrogens with zero attached hydrogens (tertiary/aromatic N) is 3. The molecule has 1 aromatic carbocycles. The molecule has 0 aliphatic carbocycles. The molecule has 1 unspecified atom stereocenters. The van der Waals surface area contributed by atoms with Crippen LogP contribution in [0.15, 0.2) is 46.0 Å². The minimum absolute atomic E-state index is 0.351. The van der Waals surface area contributed by atoms with Crippen molar-refractivity contribution in [1.29, 1.82) is 5.26 Å². The van der Waals surface area contributed by atoms with Gasteiger partial charge < -0.3 is 5.32 Å². The van der Waals surface area contributed by atoms with E-state index in [-0.39, 0.29) is 0 Å². The molecule has 0 saturated heterocycles. The molecule has 116 valence electrons. The molecule has 23 heavy (non-hydrogen) atoms. The van der Waals surface area contributed by atoms with Crippen molar-refractivity contribution in [3.05, 3.63) is 63.3 Å². The maximum Gasteiger partial charge on any atom is 0.163 e. The Balaban J connectivity index is 2.20. The predicted octanol–water partition coefficient (Wildman–Crippen LogP) is 3.48. The maximum absolute atomic E-state index is 13.7. The van der Waals surface area contributed by atoms with E-state index in [0.29, 0.717) is 27.7 Å². The van der Waals surface area contributed by atoms with Crippen LogP contribution in [-0.4, -0.2) is 10.8 Å². The molecule has 1 N–H and O–H groups in total. The number of benzene rings is 1. The van der Waals surface area contributed by atoms with Gasteiger partial charge in [-0.2, -0.15) is 5.26 Å². The molecule has 0 radical (unpaired) electrons. The van der Waals surface area contributed by atoms with E-state index in [0.717, 1.165) is 12.1 Å². The van der Waals surface area contributed by atoms with Crippen LogP contribution in [-0.2, 0) is 5.54 Å². The lowest BCUT2D eigenvalue weighted by molar-refractivity contribution is 0.499. The Morgan fingerprint density at radius 2 is 2.09 bits per heavy atom. The average molecular weight is 330 g/mol. The standard InChI is InChI=1S/C16H12F2N4S/c1-9-11(8-19)16(2,10-3-4-12(17)13(18)7-10)22-14(21-9)15-20-5-6-23-15/h3-7H,1-2H3,(H,21,22). The number of allylic oxidation sites excluding steroid dienone is 1. The number of aromatic nitrogens is 1. The number of nitriles is 1. The molecular formula is C16H12F2N4S. The van der Waals surface area contributed by atoms with Gasteiger partial charge in [-0.05, 0) is 31.5 Å². The number of rotatable bonds is 2. The summed E-state index contributed by atoms with van der Waals surface area (Å²) in [4.78, 5) is 8.79. The van der Waals surface area contributed by atoms with Crippen LogP contribution in [0, 0.1) is 23.0 Å². The smallest absolute Gasteiger partial charge is 0.163 e. The summed E-state index contributed by atoms with van der Waals surface area (Å²) in [6.45, 7) is 3.45. The Morgan fingerprint density at radius 3 is 2.70 bits per heavy atom. The van der Waals surface area contributed by atoms with E-state index in [4.69, 9.17) is 0 Å². The first-order chi connectivity index (χ1) is 11.0. The molecular weight excluding hydrogens is 318 g/mol. The number of nitrogens with one attached hydrogen (secondary N) is 1. The second-order valence-corrected chi connectivity index (χ2v) is 6.13. The number of hydrogen-bond donors (Lipinski definition) is 1. The lowest BCUT2D eigenvalue weighted by Crippen LogP contribution is -2.37. The van der Waals surface area contributed by atoms with E-state index in [2.05, 4.69) is 21.4 Å². The van der Waals surface area contributed by atoms with Gasteiger partial charge in [-0.15, -0.1) is 11.3 Å². The van der Waals surface area contributed by atoms with Gasteiger partial charge in [-0.1, -0.05) is 6.07 Å². The molecule has 1 atom stereocenters. The summed E-state index contributed by atoms with van der Waals surface area (Å²) in [5, 5.41) is 15.0. The first-order valence-electron chi connectivity index (χ1n) is 6.79. The maximum atomic E-state index is 13.7. The molecule has 3 rings (SSSR count). The van der Waals surface area contributed by atoms with Gasteiger partial charge in [0.2, 0.25) is 0 Å². The summed E-state index contributed by atoms with van der Waals surface area (Å²) >= 11 is 1.40. The van der Waals surface area contributed by atoms with Crippen molar-refractivity contribution in [3.8, 4) is 6.07 Å². The summed E-state index contributed by atoms with van der Waals surface area (Å²) in [6, 6.07) is 5.68. The Morgan fingerprint density at radius 1 is 1.30 bits per heavy atom. The van der Waals surface area contributed by atoms with Crippen molar-refractivity contribution in [2.24, 2.45) is 4.99 Å². The van der Waals surface area contributed by atoms with E-state index >= 15 is 0 Å². The number of amidine groups is 1. The Labute approximate surface area is 135 Å². The Bertz CT molecular complexity index is 865. The zero-order chi connectivity index (χ0) is 16.6. The third-order valence-electron chi connectivity index (χ3n) is 3.73. The molecule has 0 fully saturated rings. The molecule has 0 bridgehead atoms. The molecule has 1 aromatic heterocycles. The van der Waals surface area contributed by atoms with Crippen molar-refractivity contribution in [2.45, 2.75) is 19.4 Å². The highest BCUT2D eigenvalue weighted by Gasteiger charge is 2.37. The fourth-order valence-electron chi connectivity index (χ4n) is 2.55. The number of thiazole rings is 1. The SMILES string of the molecule is CC1=C(C#N)C(C)(c2ccc(F)c(F)c2)N=C(c2nccs2)N1. The van der Waals surface area contributed by atoms with Crippen LogP contribution in [0.4, 0.5) is 8.78 Å². The van der Waals surface area contributed by atoms with Gasteiger partial charge in [0.15, 0.2) is 22.5 Å². The van der Waals surface area contributed by atoms with Gasteiger partial charge in [-0.25, -0.2) is 18.8 Å². The molecule has 0 amide bonds. The van der Waals surface area contributed by atoms with Gasteiger partial charge >= 0.3 is 0 Å². The highest BCUT2D eigenvalue weighted by Crippen LogP contribution is 2.38. The molecule has 0 saturated carbocycles. The lowest BCUT2D eigenvalue weighted by Gasteiger charge is -2.32. The second-order valence-electron chi connectivity index (χ2n) is 5.24. The summed E-state index contributed by atoms with van der Waals surface area (Å²) < 4.78 is 26.9. The zero-order valence-electron chi connectivity index (χ0n) is 12.4. The summed E-state index contributed by atoms with van der Waals surface area (Å²) in [7, 11) is 0. The number of aliphatic imine (C=N–C) groups is 1.